The van der Waals surface area contributed by atoms with Gasteiger partial charge in [0.15, 0.2) is 5.82 Å². The van der Waals surface area contributed by atoms with Crippen LogP contribution in [0.25, 0.3) is 10.9 Å². The Labute approximate surface area is 160 Å². The summed E-state index contributed by atoms with van der Waals surface area (Å²) in [6, 6.07) is 11.0. The molecule has 1 fully saturated rings. The molecule has 28 heavy (non-hydrogen) atoms. The fraction of sp³-hybridized carbons (Fsp3) is 0.300. The highest BCUT2D eigenvalue weighted by molar-refractivity contribution is 5.98. The summed E-state index contributed by atoms with van der Waals surface area (Å²) in [5.41, 5.74) is -0.212. The molecule has 0 saturated carbocycles. The molecular weight excluding hydrogens is 366 g/mol. The van der Waals surface area contributed by atoms with Crippen LogP contribution in [0.2, 0.25) is 0 Å². The van der Waals surface area contributed by atoms with Gasteiger partial charge in [0.25, 0.3) is 0 Å². The van der Waals surface area contributed by atoms with Crippen LogP contribution >= 0.6 is 0 Å². The van der Waals surface area contributed by atoms with Crippen molar-refractivity contribution in [2.45, 2.75) is 25.1 Å². The van der Waals surface area contributed by atoms with Crippen LogP contribution in [0.4, 0.5) is 19.4 Å². The van der Waals surface area contributed by atoms with Gasteiger partial charge in [-0.05, 0) is 42.7 Å². The van der Waals surface area contributed by atoms with Gasteiger partial charge in [0.2, 0.25) is 0 Å². The normalized spacial score (nSPS) is 16.3. The third kappa shape index (κ3) is 3.31. The maximum atomic E-state index is 14.2. The number of aromatic nitrogens is 2. The number of carbonyl (C=O) groups excluding carboxylic acids is 1. The summed E-state index contributed by atoms with van der Waals surface area (Å²) in [6.07, 6.45) is 0.322. The quantitative estimate of drug-likeness (QED) is 0.642. The predicted molar refractivity (Wildman–Crippen MR) is 101 cm³/mol. The van der Waals surface area contributed by atoms with E-state index in [-0.39, 0.29) is 37.5 Å². The number of urea groups is 1. The zero-order valence-electron chi connectivity index (χ0n) is 15.1. The first-order chi connectivity index (χ1) is 13.5. The number of nitrogens with one attached hydrogen (secondary N) is 2. The maximum absolute atomic E-state index is 14.2. The number of amides is 2. The molecule has 1 aromatic heterocycles. The summed E-state index contributed by atoms with van der Waals surface area (Å²) in [5.74, 6) is -0.135. The Morgan fingerprint density at radius 1 is 1.25 bits per heavy atom. The first-order valence-electron chi connectivity index (χ1n) is 9.06. The number of fused-ring (bicyclic) bond motifs is 1. The number of para-hydroxylation sites is 1. The van der Waals surface area contributed by atoms with Gasteiger partial charge >= 0.3 is 6.03 Å². The highest BCUT2D eigenvalue weighted by Crippen LogP contribution is 2.35. The SMILES string of the molecule is O=C(Nc1n[nH]c2ccccc12)N1CCC(O)(c2cc(CF)ccc2F)CC1. The molecule has 6 nitrogen and oxygen atoms in total. The van der Waals surface area contributed by atoms with Crippen molar-refractivity contribution in [3.8, 4) is 0 Å². The number of nitrogens with zero attached hydrogens (tertiary/aromatic N) is 2. The highest BCUT2D eigenvalue weighted by atomic mass is 19.1. The first-order valence-corrected chi connectivity index (χ1v) is 9.06. The number of halogens is 2. The van der Waals surface area contributed by atoms with Crippen LogP contribution in [0, 0.1) is 5.82 Å². The zero-order valence-corrected chi connectivity index (χ0v) is 15.1. The van der Waals surface area contributed by atoms with Crippen molar-refractivity contribution in [2.75, 3.05) is 18.4 Å². The van der Waals surface area contributed by atoms with Gasteiger partial charge in [0, 0.05) is 24.0 Å². The number of aromatic amines is 1. The molecule has 0 unspecified atom stereocenters. The molecule has 3 N–H and O–H groups in total. The van der Waals surface area contributed by atoms with Crippen molar-refractivity contribution in [1.82, 2.24) is 15.1 Å². The van der Waals surface area contributed by atoms with E-state index in [2.05, 4.69) is 15.5 Å². The minimum atomic E-state index is -1.43. The summed E-state index contributed by atoms with van der Waals surface area (Å²) in [5, 5.41) is 21.4. The molecule has 3 aromatic rings. The number of piperidine rings is 1. The Kier molecular flexibility index (Phi) is 4.72. The van der Waals surface area contributed by atoms with Crippen LogP contribution in [0.15, 0.2) is 42.5 Å². The minimum absolute atomic E-state index is 0.0843. The van der Waals surface area contributed by atoms with Gasteiger partial charge in [0.05, 0.1) is 11.1 Å². The third-order valence-corrected chi connectivity index (χ3v) is 5.26. The van der Waals surface area contributed by atoms with Crippen LogP contribution in [-0.2, 0) is 12.3 Å². The van der Waals surface area contributed by atoms with Gasteiger partial charge in [-0.3, -0.25) is 10.4 Å². The number of aliphatic hydroxyl groups is 1. The molecule has 1 saturated heterocycles. The smallest absolute Gasteiger partial charge is 0.323 e. The summed E-state index contributed by atoms with van der Waals surface area (Å²) in [6.45, 7) is -0.247. The Balaban J connectivity index is 1.45. The number of benzene rings is 2. The Morgan fingerprint density at radius 2 is 2.00 bits per heavy atom. The lowest BCUT2D eigenvalue weighted by atomic mass is 9.83. The number of carbonyl (C=O) groups is 1. The lowest BCUT2D eigenvalue weighted by Crippen LogP contribution is -2.47. The van der Waals surface area contributed by atoms with Crippen LogP contribution in [0.5, 0.6) is 0 Å². The van der Waals surface area contributed by atoms with Crippen LogP contribution < -0.4 is 5.32 Å². The molecule has 1 aliphatic rings. The summed E-state index contributed by atoms with van der Waals surface area (Å²) < 4.78 is 27.1. The van der Waals surface area contributed by atoms with E-state index in [0.717, 1.165) is 10.9 Å². The summed E-state index contributed by atoms with van der Waals surface area (Å²) in [7, 11) is 0. The molecule has 0 spiro atoms. The van der Waals surface area contributed by atoms with E-state index >= 15 is 0 Å². The second-order valence-corrected chi connectivity index (χ2v) is 7.01. The van der Waals surface area contributed by atoms with Gasteiger partial charge < -0.3 is 10.0 Å². The predicted octanol–water partition coefficient (Wildman–Crippen LogP) is 3.69. The average Bonchev–Trinajstić information content (AvgIpc) is 3.12. The van der Waals surface area contributed by atoms with Gasteiger partial charge in [-0.1, -0.05) is 18.2 Å². The molecular formula is C20H20F2N4O2. The number of rotatable bonds is 3. The molecule has 2 amide bonds. The Morgan fingerprint density at radius 3 is 2.75 bits per heavy atom. The van der Waals surface area contributed by atoms with Crippen molar-refractivity contribution in [2.24, 2.45) is 0 Å². The van der Waals surface area contributed by atoms with Crippen LogP contribution in [0.1, 0.15) is 24.0 Å². The molecule has 0 radical (unpaired) electrons. The molecule has 4 rings (SSSR count). The van der Waals surface area contributed by atoms with Gasteiger partial charge in [-0.2, -0.15) is 5.10 Å². The topological polar surface area (TPSA) is 81.2 Å². The van der Waals surface area contributed by atoms with E-state index in [1.165, 1.54) is 18.2 Å². The zero-order chi connectivity index (χ0) is 19.7. The number of anilines is 1. The van der Waals surface area contributed by atoms with Crippen molar-refractivity contribution in [3.63, 3.8) is 0 Å². The second kappa shape index (κ2) is 7.20. The van der Waals surface area contributed by atoms with Crippen molar-refractivity contribution in [1.29, 1.82) is 0 Å². The first kappa shape index (κ1) is 18.4. The Bertz CT molecular complexity index is 1010. The Hall–Kier alpha value is -3.00. The summed E-state index contributed by atoms with van der Waals surface area (Å²) in [4.78, 5) is 14.1. The van der Waals surface area contributed by atoms with Crippen molar-refractivity contribution >= 4 is 22.8 Å². The summed E-state index contributed by atoms with van der Waals surface area (Å²) >= 11 is 0. The highest BCUT2D eigenvalue weighted by Gasteiger charge is 2.37. The van der Waals surface area contributed by atoms with E-state index < -0.39 is 18.1 Å². The monoisotopic (exact) mass is 386 g/mol. The van der Waals surface area contributed by atoms with Crippen molar-refractivity contribution in [3.05, 3.63) is 59.4 Å². The number of hydrogen-bond donors (Lipinski definition) is 3. The van der Waals surface area contributed by atoms with E-state index in [4.69, 9.17) is 0 Å². The molecule has 8 heteroatoms. The fourth-order valence-electron chi connectivity index (χ4n) is 3.60. The largest absolute Gasteiger partial charge is 0.385 e. The van der Waals surface area contributed by atoms with E-state index in [1.54, 1.807) is 4.90 Å². The molecule has 146 valence electrons. The molecule has 0 atom stereocenters. The lowest BCUT2D eigenvalue weighted by molar-refractivity contribution is -0.0185. The molecule has 0 aliphatic carbocycles. The number of likely N-dealkylation sites (tertiary alicyclic amines) is 1. The standard InChI is InChI=1S/C20H20F2N4O2/c21-12-13-5-6-16(22)15(11-13)20(28)7-9-26(10-8-20)19(27)23-18-14-3-1-2-4-17(14)24-25-18/h1-6,11,28H,7-10,12H2,(H2,23,24,25,27). The molecule has 2 heterocycles. The van der Waals surface area contributed by atoms with Crippen LogP contribution in [0.3, 0.4) is 0 Å². The fourth-order valence-corrected chi connectivity index (χ4v) is 3.60. The van der Waals surface area contributed by atoms with Crippen molar-refractivity contribution < 1.29 is 18.7 Å². The molecule has 0 bridgehead atoms. The van der Waals surface area contributed by atoms with Gasteiger partial charge in [-0.25, -0.2) is 13.6 Å². The van der Waals surface area contributed by atoms with E-state index in [1.807, 2.05) is 24.3 Å². The van der Waals surface area contributed by atoms with Gasteiger partial charge in [-0.15, -0.1) is 0 Å². The van der Waals surface area contributed by atoms with E-state index in [9.17, 15) is 18.7 Å². The third-order valence-electron chi connectivity index (χ3n) is 5.26. The molecule has 2 aromatic carbocycles. The number of hydrogen-bond acceptors (Lipinski definition) is 3. The minimum Gasteiger partial charge on any atom is -0.385 e. The lowest BCUT2D eigenvalue weighted by Gasteiger charge is -2.38. The van der Waals surface area contributed by atoms with Crippen LogP contribution in [-0.4, -0.2) is 39.3 Å². The second-order valence-electron chi connectivity index (χ2n) is 7.01. The van der Waals surface area contributed by atoms with E-state index in [0.29, 0.717) is 11.4 Å². The number of alkyl halides is 1. The number of H-pyrrole nitrogens is 1. The van der Waals surface area contributed by atoms with Gasteiger partial charge in [0.1, 0.15) is 12.5 Å². The maximum Gasteiger partial charge on any atom is 0.323 e. The average molecular weight is 386 g/mol. The molecule has 1 aliphatic heterocycles.